The lowest BCUT2D eigenvalue weighted by Gasteiger charge is -2.38. The van der Waals surface area contributed by atoms with Crippen molar-refractivity contribution in [3.63, 3.8) is 0 Å². The zero-order valence-electron chi connectivity index (χ0n) is 23.9. The first-order valence-electron chi connectivity index (χ1n) is 14.6. The molecule has 9 nitrogen and oxygen atoms in total. The number of hydrogen-bond donors (Lipinski definition) is 2. The van der Waals surface area contributed by atoms with E-state index in [1.807, 2.05) is 18.2 Å². The van der Waals surface area contributed by atoms with Crippen LogP contribution in [-0.4, -0.2) is 73.5 Å². The van der Waals surface area contributed by atoms with E-state index >= 15 is 0 Å². The number of phenols is 1. The maximum absolute atomic E-state index is 10.6. The quantitative estimate of drug-likeness (QED) is 0.437. The van der Waals surface area contributed by atoms with Crippen LogP contribution in [0.4, 0.5) is 11.5 Å². The molecule has 3 aliphatic rings. The Morgan fingerprint density at radius 3 is 2.81 bits per heavy atom. The van der Waals surface area contributed by atoms with Gasteiger partial charge in [0.15, 0.2) is 0 Å². The van der Waals surface area contributed by atoms with Crippen molar-refractivity contribution in [2.45, 2.75) is 44.3 Å². The number of rotatable bonds is 6. The number of terminal acetylenes is 1. The SMILES string of the molecule is C#Cc1cccc2cc(O)cc(N3CCc4c(N5CCN[C@H](CC#N)C5)nc(OC[C@@H]5CCCN5C)c(C#N)c4C3)c12. The van der Waals surface area contributed by atoms with E-state index in [4.69, 9.17) is 16.1 Å². The summed E-state index contributed by atoms with van der Waals surface area (Å²) in [5.74, 6) is 4.18. The van der Waals surface area contributed by atoms with Crippen LogP contribution in [0.25, 0.3) is 10.8 Å². The van der Waals surface area contributed by atoms with Gasteiger partial charge in [-0.15, -0.1) is 6.42 Å². The van der Waals surface area contributed by atoms with Crippen molar-refractivity contribution in [2.75, 3.05) is 56.2 Å². The minimum atomic E-state index is 0.0503. The van der Waals surface area contributed by atoms with E-state index in [9.17, 15) is 15.6 Å². The molecule has 42 heavy (non-hydrogen) atoms. The van der Waals surface area contributed by atoms with Gasteiger partial charge < -0.3 is 29.9 Å². The van der Waals surface area contributed by atoms with Gasteiger partial charge in [0.1, 0.15) is 29.8 Å². The van der Waals surface area contributed by atoms with Crippen LogP contribution >= 0.6 is 0 Å². The number of hydrogen-bond acceptors (Lipinski definition) is 9. The van der Waals surface area contributed by atoms with Crippen LogP contribution in [0, 0.1) is 35.0 Å². The largest absolute Gasteiger partial charge is 0.508 e. The summed E-state index contributed by atoms with van der Waals surface area (Å²) in [4.78, 5) is 11.7. The van der Waals surface area contributed by atoms with E-state index in [2.05, 4.69) is 45.1 Å². The summed E-state index contributed by atoms with van der Waals surface area (Å²) < 4.78 is 6.37. The maximum Gasteiger partial charge on any atom is 0.234 e. The zero-order chi connectivity index (χ0) is 29.2. The molecular formula is C33H35N7O2. The van der Waals surface area contributed by atoms with Crippen LogP contribution in [0.1, 0.15) is 41.5 Å². The molecule has 2 fully saturated rings. The Morgan fingerprint density at radius 1 is 1.17 bits per heavy atom. The number of benzene rings is 2. The van der Waals surface area contributed by atoms with Gasteiger partial charge in [-0.1, -0.05) is 18.1 Å². The summed E-state index contributed by atoms with van der Waals surface area (Å²) in [5, 5.41) is 35.6. The van der Waals surface area contributed by atoms with E-state index in [0.717, 1.165) is 71.4 Å². The number of likely N-dealkylation sites (tertiary alicyclic amines) is 1. The highest BCUT2D eigenvalue weighted by atomic mass is 16.5. The van der Waals surface area contributed by atoms with Crippen LogP contribution in [-0.2, 0) is 13.0 Å². The van der Waals surface area contributed by atoms with Crippen molar-refractivity contribution in [1.82, 2.24) is 15.2 Å². The van der Waals surface area contributed by atoms with Gasteiger partial charge in [0, 0.05) is 78.6 Å². The average molecular weight is 562 g/mol. The van der Waals surface area contributed by atoms with Crippen molar-refractivity contribution >= 4 is 22.3 Å². The molecule has 3 aliphatic heterocycles. The molecule has 3 aromatic rings. The Morgan fingerprint density at radius 2 is 2.05 bits per heavy atom. The first kappa shape index (κ1) is 27.7. The lowest BCUT2D eigenvalue weighted by atomic mass is 9.93. The summed E-state index contributed by atoms with van der Waals surface area (Å²) in [5.41, 5.74) is 4.02. The predicted molar refractivity (Wildman–Crippen MR) is 163 cm³/mol. The zero-order valence-corrected chi connectivity index (χ0v) is 23.9. The van der Waals surface area contributed by atoms with Gasteiger partial charge in [0.2, 0.25) is 5.88 Å². The summed E-state index contributed by atoms with van der Waals surface area (Å²) in [6, 6.07) is 14.3. The highest BCUT2D eigenvalue weighted by Crippen LogP contribution is 2.40. The van der Waals surface area contributed by atoms with Crippen molar-refractivity contribution in [1.29, 1.82) is 10.5 Å². The van der Waals surface area contributed by atoms with Gasteiger partial charge in [-0.3, -0.25) is 0 Å². The molecule has 2 N–H and O–H groups in total. The molecule has 0 amide bonds. The van der Waals surface area contributed by atoms with E-state index in [-0.39, 0.29) is 17.8 Å². The number of anilines is 2. The van der Waals surface area contributed by atoms with Crippen LogP contribution in [0.5, 0.6) is 11.6 Å². The van der Waals surface area contributed by atoms with Crippen molar-refractivity contribution in [3.8, 4) is 36.1 Å². The molecule has 2 saturated heterocycles. The van der Waals surface area contributed by atoms with Crippen LogP contribution < -0.4 is 19.9 Å². The number of aromatic hydroxyl groups is 1. The van der Waals surface area contributed by atoms with E-state index in [1.165, 1.54) is 0 Å². The number of aromatic nitrogens is 1. The third kappa shape index (κ3) is 5.16. The van der Waals surface area contributed by atoms with E-state index in [0.29, 0.717) is 50.5 Å². The number of ether oxygens (including phenoxy) is 1. The molecule has 0 spiro atoms. The number of likely N-dealkylation sites (N-methyl/N-ethyl adjacent to an activating group) is 1. The van der Waals surface area contributed by atoms with Crippen LogP contribution in [0.15, 0.2) is 30.3 Å². The van der Waals surface area contributed by atoms with Crippen LogP contribution in [0.2, 0.25) is 0 Å². The second-order valence-corrected chi connectivity index (χ2v) is 11.4. The van der Waals surface area contributed by atoms with Gasteiger partial charge in [-0.25, -0.2) is 0 Å². The average Bonchev–Trinajstić information content (AvgIpc) is 3.42. The smallest absolute Gasteiger partial charge is 0.234 e. The number of nitriles is 2. The number of phenolic OH excluding ortho intramolecular Hbond substituents is 1. The standard InChI is InChI=1S/C33H35N7O2/c1-3-22-6-4-7-23-16-26(41)17-30(31(22)23)39-14-10-27-29(20-39)28(18-35)33(42-21-25-8-5-13-38(25)2)37-32(27)40-15-12-36-24(19-40)9-11-34/h1,4,6-7,16-17,24-25,36,41H,5,8-10,12-15,19-21H2,2H3/t24-,25+/m1/s1. The Labute approximate surface area is 246 Å². The molecule has 1 aromatic heterocycles. The predicted octanol–water partition coefficient (Wildman–Crippen LogP) is 3.52. The maximum atomic E-state index is 10.6. The lowest BCUT2D eigenvalue weighted by molar-refractivity contribution is 0.192. The van der Waals surface area contributed by atoms with Gasteiger partial charge in [0.05, 0.1) is 12.5 Å². The molecule has 214 valence electrons. The normalized spacial score (nSPS) is 20.5. The third-order valence-corrected chi connectivity index (χ3v) is 8.86. The number of piperazine rings is 1. The number of pyridine rings is 1. The highest BCUT2D eigenvalue weighted by Gasteiger charge is 2.32. The fourth-order valence-corrected chi connectivity index (χ4v) is 6.66. The van der Waals surface area contributed by atoms with E-state index < -0.39 is 0 Å². The molecule has 2 aromatic carbocycles. The summed E-state index contributed by atoms with van der Waals surface area (Å²) >= 11 is 0. The third-order valence-electron chi connectivity index (χ3n) is 8.86. The molecule has 4 heterocycles. The molecule has 0 bridgehead atoms. The minimum absolute atomic E-state index is 0.0503. The molecule has 0 unspecified atom stereocenters. The molecule has 0 aliphatic carbocycles. The van der Waals surface area contributed by atoms with E-state index in [1.54, 1.807) is 12.1 Å². The number of fused-ring (bicyclic) bond motifs is 2. The molecule has 0 saturated carbocycles. The van der Waals surface area contributed by atoms with Crippen molar-refractivity contribution in [3.05, 3.63) is 52.6 Å². The summed E-state index contributed by atoms with van der Waals surface area (Å²) in [6.07, 6.45) is 9.16. The van der Waals surface area contributed by atoms with Gasteiger partial charge >= 0.3 is 0 Å². The van der Waals surface area contributed by atoms with Gasteiger partial charge in [0.25, 0.3) is 0 Å². The Balaban J connectivity index is 1.43. The number of nitrogens with zero attached hydrogens (tertiary/aromatic N) is 6. The van der Waals surface area contributed by atoms with Crippen molar-refractivity contribution < 1.29 is 9.84 Å². The molecule has 2 atom stereocenters. The first-order chi connectivity index (χ1) is 20.5. The number of nitrogens with one attached hydrogen (secondary N) is 1. The van der Waals surface area contributed by atoms with Gasteiger partial charge in [-0.05, 0) is 50.4 Å². The van der Waals surface area contributed by atoms with Gasteiger partial charge in [-0.2, -0.15) is 15.5 Å². The second-order valence-electron chi connectivity index (χ2n) is 11.4. The molecule has 9 heteroatoms. The molecule has 0 radical (unpaired) electrons. The Kier molecular flexibility index (Phi) is 7.76. The fourth-order valence-electron chi connectivity index (χ4n) is 6.66. The minimum Gasteiger partial charge on any atom is -0.508 e. The summed E-state index contributed by atoms with van der Waals surface area (Å²) in [7, 11) is 2.11. The molecular weight excluding hydrogens is 526 g/mol. The lowest BCUT2D eigenvalue weighted by Crippen LogP contribution is -2.51. The summed E-state index contributed by atoms with van der Waals surface area (Å²) in [6.45, 7) is 4.81. The fraction of sp³-hybridized carbons (Fsp3) is 0.424. The Hall–Kier alpha value is -4.49. The highest BCUT2D eigenvalue weighted by molar-refractivity contribution is 6.00. The Bertz CT molecular complexity index is 1630. The monoisotopic (exact) mass is 561 g/mol. The topological polar surface area (TPSA) is 112 Å². The van der Waals surface area contributed by atoms with Crippen molar-refractivity contribution in [2.24, 2.45) is 0 Å². The van der Waals surface area contributed by atoms with Crippen LogP contribution in [0.3, 0.4) is 0 Å². The second kappa shape index (κ2) is 11.8. The first-order valence-corrected chi connectivity index (χ1v) is 14.6. The molecule has 6 rings (SSSR count).